The maximum atomic E-state index is 13.3. The normalized spacial score (nSPS) is 14.2. The molecule has 0 aliphatic heterocycles. The lowest BCUT2D eigenvalue weighted by Gasteiger charge is -2.31. The zero-order valence-corrected chi connectivity index (χ0v) is 21.4. The summed E-state index contributed by atoms with van der Waals surface area (Å²) in [6, 6.07) is 10.8. The fourth-order valence-corrected chi connectivity index (χ4v) is 4.73. The molecule has 2 nitrogen and oxygen atoms in total. The predicted octanol–water partition coefficient (Wildman–Crippen LogP) is 8.61. The molecule has 0 aliphatic rings. The lowest BCUT2D eigenvalue weighted by Crippen LogP contribution is -2.38. The van der Waals surface area contributed by atoms with Crippen LogP contribution in [-0.2, 0) is 4.79 Å². The summed E-state index contributed by atoms with van der Waals surface area (Å²) in [5.41, 5.74) is 1.42. The van der Waals surface area contributed by atoms with Crippen molar-refractivity contribution < 1.29 is 4.79 Å². The Kier molecular flexibility index (Phi) is 15.4. The molecule has 0 bridgehead atoms. The minimum atomic E-state index is 0.396. The third-order valence-electron chi connectivity index (χ3n) is 7.10. The highest BCUT2D eigenvalue weighted by molar-refractivity contribution is 5.76. The summed E-state index contributed by atoms with van der Waals surface area (Å²) >= 11 is 0. The van der Waals surface area contributed by atoms with Crippen molar-refractivity contribution in [1.29, 1.82) is 0 Å². The van der Waals surface area contributed by atoms with Gasteiger partial charge < -0.3 is 4.90 Å². The molecule has 0 aliphatic carbocycles. The Morgan fingerprint density at radius 3 is 1.74 bits per heavy atom. The highest BCUT2D eigenvalue weighted by Gasteiger charge is 2.21. The Morgan fingerprint density at radius 2 is 1.29 bits per heavy atom. The molecule has 1 aromatic carbocycles. The van der Waals surface area contributed by atoms with Crippen LogP contribution in [0.25, 0.3) is 0 Å². The molecule has 0 saturated heterocycles. The van der Waals surface area contributed by atoms with Gasteiger partial charge in [-0.15, -0.1) is 0 Å². The summed E-state index contributed by atoms with van der Waals surface area (Å²) in [6.07, 6.45) is 13.9. The van der Waals surface area contributed by atoms with Crippen LogP contribution in [0.3, 0.4) is 0 Å². The Balaban J connectivity index is 2.71. The van der Waals surface area contributed by atoms with Crippen molar-refractivity contribution in [3.05, 3.63) is 35.9 Å². The van der Waals surface area contributed by atoms with E-state index < -0.39 is 0 Å². The number of carbonyl (C=O) groups is 1. The van der Waals surface area contributed by atoms with Gasteiger partial charge >= 0.3 is 0 Å². The van der Waals surface area contributed by atoms with Crippen LogP contribution in [0.1, 0.15) is 123 Å². The first-order chi connectivity index (χ1) is 15.1. The molecule has 0 aromatic heterocycles. The van der Waals surface area contributed by atoms with E-state index in [2.05, 4.69) is 69.9 Å². The van der Waals surface area contributed by atoms with Crippen LogP contribution in [0.2, 0.25) is 0 Å². The minimum Gasteiger partial charge on any atom is -0.342 e. The SMILES string of the molecule is CCCCC(CC)CN(CC(CC)CCCC)C(=O)CCCC(CC)c1ccccc1. The number of rotatable bonds is 18. The van der Waals surface area contributed by atoms with Crippen LogP contribution >= 0.6 is 0 Å². The van der Waals surface area contributed by atoms with Gasteiger partial charge in [0.15, 0.2) is 0 Å². The zero-order valence-electron chi connectivity index (χ0n) is 21.4. The molecule has 178 valence electrons. The minimum absolute atomic E-state index is 0.396. The van der Waals surface area contributed by atoms with Crippen molar-refractivity contribution in [2.75, 3.05) is 13.1 Å². The molecule has 0 spiro atoms. The molecule has 0 heterocycles. The van der Waals surface area contributed by atoms with E-state index in [1.165, 1.54) is 56.9 Å². The van der Waals surface area contributed by atoms with Crippen LogP contribution in [0.5, 0.6) is 0 Å². The third kappa shape index (κ3) is 11.2. The molecule has 31 heavy (non-hydrogen) atoms. The zero-order chi connectivity index (χ0) is 22.9. The molecule has 1 rings (SSSR count). The second kappa shape index (κ2) is 17.3. The van der Waals surface area contributed by atoms with Gasteiger partial charge in [-0.25, -0.2) is 0 Å². The standard InChI is InChI=1S/C29H51NO/c1-6-11-17-25(8-3)23-30(24-26(9-4)18-12-7-2)29(31)22-16-21-27(10-5)28-19-14-13-15-20-28/h13-15,19-20,25-27H,6-12,16-18,21-24H2,1-5H3. The Morgan fingerprint density at radius 1 is 0.742 bits per heavy atom. The van der Waals surface area contributed by atoms with E-state index in [1.54, 1.807) is 0 Å². The van der Waals surface area contributed by atoms with Gasteiger partial charge in [0.2, 0.25) is 5.91 Å². The van der Waals surface area contributed by atoms with Crippen molar-refractivity contribution in [3.8, 4) is 0 Å². The summed E-state index contributed by atoms with van der Waals surface area (Å²) in [6.45, 7) is 13.3. The fraction of sp³-hybridized carbons (Fsp3) is 0.759. The maximum Gasteiger partial charge on any atom is 0.222 e. The molecule has 3 atom stereocenters. The number of hydrogen-bond donors (Lipinski definition) is 0. The molecule has 0 N–H and O–H groups in total. The summed E-state index contributed by atoms with van der Waals surface area (Å²) in [4.78, 5) is 15.6. The largest absolute Gasteiger partial charge is 0.342 e. The third-order valence-corrected chi connectivity index (χ3v) is 7.10. The second-order valence-corrected chi connectivity index (χ2v) is 9.54. The maximum absolute atomic E-state index is 13.3. The molecule has 0 radical (unpaired) electrons. The van der Waals surface area contributed by atoms with E-state index in [-0.39, 0.29) is 0 Å². The van der Waals surface area contributed by atoms with Crippen molar-refractivity contribution >= 4 is 5.91 Å². The number of hydrogen-bond acceptors (Lipinski definition) is 1. The van der Waals surface area contributed by atoms with Gasteiger partial charge in [-0.1, -0.05) is 103 Å². The smallest absolute Gasteiger partial charge is 0.222 e. The Hall–Kier alpha value is -1.31. The van der Waals surface area contributed by atoms with E-state index >= 15 is 0 Å². The van der Waals surface area contributed by atoms with Crippen LogP contribution in [0.4, 0.5) is 0 Å². The van der Waals surface area contributed by atoms with Gasteiger partial charge in [0.05, 0.1) is 0 Å². The van der Waals surface area contributed by atoms with E-state index in [0.29, 0.717) is 30.1 Å². The first-order valence-corrected chi connectivity index (χ1v) is 13.4. The number of benzene rings is 1. The van der Waals surface area contributed by atoms with Crippen molar-refractivity contribution in [2.45, 2.75) is 118 Å². The average Bonchev–Trinajstić information content (AvgIpc) is 2.81. The number of unbranched alkanes of at least 4 members (excludes halogenated alkanes) is 2. The summed E-state index contributed by atoms with van der Waals surface area (Å²) in [5.74, 6) is 2.27. The average molecular weight is 430 g/mol. The van der Waals surface area contributed by atoms with Crippen LogP contribution in [0.15, 0.2) is 30.3 Å². The predicted molar refractivity (Wildman–Crippen MR) is 137 cm³/mol. The lowest BCUT2D eigenvalue weighted by molar-refractivity contribution is -0.132. The number of carbonyl (C=O) groups excluding carboxylic acids is 1. The summed E-state index contributed by atoms with van der Waals surface area (Å²) in [5, 5.41) is 0. The first-order valence-electron chi connectivity index (χ1n) is 13.4. The Labute approximate surface area is 194 Å². The molecule has 1 amide bonds. The molecular weight excluding hydrogens is 378 g/mol. The van der Waals surface area contributed by atoms with E-state index in [9.17, 15) is 4.79 Å². The molecule has 3 unspecified atom stereocenters. The molecule has 2 heteroatoms. The van der Waals surface area contributed by atoms with Crippen molar-refractivity contribution in [3.63, 3.8) is 0 Å². The van der Waals surface area contributed by atoms with Gasteiger partial charge in [-0.3, -0.25) is 4.79 Å². The fourth-order valence-electron chi connectivity index (χ4n) is 4.73. The monoisotopic (exact) mass is 429 g/mol. The van der Waals surface area contributed by atoms with Gasteiger partial charge in [0, 0.05) is 19.5 Å². The van der Waals surface area contributed by atoms with Crippen LogP contribution < -0.4 is 0 Å². The number of nitrogens with zero attached hydrogens (tertiary/aromatic N) is 1. The van der Waals surface area contributed by atoms with Crippen molar-refractivity contribution in [2.24, 2.45) is 11.8 Å². The van der Waals surface area contributed by atoms with Crippen LogP contribution in [-0.4, -0.2) is 23.9 Å². The van der Waals surface area contributed by atoms with E-state index in [0.717, 1.165) is 32.4 Å². The summed E-state index contributed by atoms with van der Waals surface area (Å²) in [7, 11) is 0. The van der Waals surface area contributed by atoms with Gasteiger partial charge in [-0.05, 0) is 55.4 Å². The highest BCUT2D eigenvalue weighted by Crippen LogP contribution is 2.26. The van der Waals surface area contributed by atoms with Crippen molar-refractivity contribution in [1.82, 2.24) is 4.90 Å². The van der Waals surface area contributed by atoms with Gasteiger partial charge in [-0.2, -0.15) is 0 Å². The lowest BCUT2D eigenvalue weighted by atomic mass is 9.91. The van der Waals surface area contributed by atoms with Crippen LogP contribution in [0, 0.1) is 11.8 Å². The molecular formula is C29H51NO. The first kappa shape index (κ1) is 27.7. The number of amides is 1. The quantitative estimate of drug-likeness (QED) is 0.229. The Bertz CT molecular complexity index is 537. The van der Waals surface area contributed by atoms with E-state index in [4.69, 9.17) is 0 Å². The molecule has 0 saturated carbocycles. The van der Waals surface area contributed by atoms with Gasteiger partial charge in [0.1, 0.15) is 0 Å². The summed E-state index contributed by atoms with van der Waals surface area (Å²) < 4.78 is 0. The van der Waals surface area contributed by atoms with E-state index in [1.807, 2.05) is 0 Å². The highest BCUT2D eigenvalue weighted by atomic mass is 16.2. The second-order valence-electron chi connectivity index (χ2n) is 9.54. The van der Waals surface area contributed by atoms with Gasteiger partial charge in [0.25, 0.3) is 0 Å². The molecule has 1 aromatic rings. The topological polar surface area (TPSA) is 20.3 Å². The molecule has 0 fully saturated rings.